The predicted molar refractivity (Wildman–Crippen MR) is 136 cm³/mol. The fourth-order valence-corrected chi connectivity index (χ4v) is 5.53. The molecule has 8 heteroatoms. The van der Waals surface area contributed by atoms with Gasteiger partial charge in [0.25, 0.3) is 0 Å². The van der Waals surface area contributed by atoms with Crippen LogP contribution in [-0.4, -0.2) is 61.6 Å². The summed E-state index contributed by atoms with van der Waals surface area (Å²) < 4.78 is 1.82. The molecule has 0 saturated carbocycles. The standard InChI is InChI=1S/C27H35N7O/c1-18-15-33(4)31-24(18)14-29-27-28-13-21-12-19(2)34(17-25(21)30-27)26(35)22-10-11-32(3)16-23(22)20-8-6-5-7-9-20/h5-9,13,15,19,22-23H,10-12,14,16-17H2,1-4H3,(H,28,29,30)/t19-,22+,23-/m1/s1. The lowest BCUT2D eigenvalue weighted by molar-refractivity contribution is -0.141. The van der Waals surface area contributed by atoms with Crippen LogP contribution in [0.1, 0.15) is 47.3 Å². The molecule has 3 atom stereocenters. The zero-order valence-corrected chi connectivity index (χ0v) is 21.1. The highest BCUT2D eigenvalue weighted by atomic mass is 16.2. The molecule has 0 unspecified atom stereocenters. The molecule has 2 aliphatic rings. The Morgan fingerprint density at radius 2 is 2.00 bits per heavy atom. The number of hydrogen-bond acceptors (Lipinski definition) is 6. The Kier molecular flexibility index (Phi) is 6.56. The molecule has 3 aromatic rings. The van der Waals surface area contributed by atoms with Gasteiger partial charge in [-0.25, -0.2) is 9.97 Å². The van der Waals surface area contributed by atoms with E-state index in [0.29, 0.717) is 19.0 Å². The normalized spacial score (nSPS) is 22.6. The number of carbonyl (C=O) groups is 1. The lowest BCUT2D eigenvalue weighted by Gasteiger charge is -2.42. The molecule has 4 heterocycles. The third-order valence-corrected chi connectivity index (χ3v) is 7.49. The number of likely N-dealkylation sites (tertiary alicyclic amines) is 1. The molecule has 0 aliphatic carbocycles. The van der Waals surface area contributed by atoms with Crippen LogP contribution in [0.25, 0.3) is 0 Å². The van der Waals surface area contributed by atoms with Crippen LogP contribution in [0.4, 0.5) is 5.95 Å². The Morgan fingerprint density at radius 1 is 1.20 bits per heavy atom. The average molecular weight is 474 g/mol. The van der Waals surface area contributed by atoms with Crippen LogP contribution in [0.3, 0.4) is 0 Å². The highest BCUT2D eigenvalue weighted by Crippen LogP contribution is 2.35. The molecule has 0 bridgehead atoms. The van der Waals surface area contributed by atoms with E-state index in [4.69, 9.17) is 4.98 Å². The number of likely N-dealkylation sites (N-methyl/N-ethyl adjacent to an activating group) is 1. The fourth-order valence-electron chi connectivity index (χ4n) is 5.53. The number of nitrogens with one attached hydrogen (secondary N) is 1. The van der Waals surface area contributed by atoms with Crippen LogP contribution in [0.5, 0.6) is 0 Å². The monoisotopic (exact) mass is 473 g/mol. The van der Waals surface area contributed by atoms with Crippen molar-refractivity contribution in [1.29, 1.82) is 0 Å². The second-order valence-corrected chi connectivity index (χ2v) is 10.1. The number of benzene rings is 1. The summed E-state index contributed by atoms with van der Waals surface area (Å²) in [5.74, 6) is 1.03. The second-order valence-electron chi connectivity index (χ2n) is 10.1. The second kappa shape index (κ2) is 9.77. The van der Waals surface area contributed by atoms with Crippen LogP contribution < -0.4 is 5.32 Å². The average Bonchev–Trinajstić information content (AvgIpc) is 3.19. The minimum absolute atomic E-state index is 0.0100. The van der Waals surface area contributed by atoms with E-state index in [1.54, 1.807) is 0 Å². The van der Waals surface area contributed by atoms with Gasteiger partial charge in [0.1, 0.15) is 0 Å². The topological polar surface area (TPSA) is 79.2 Å². The molecule has 1 amide bonds. The van der Waals surface area contributed by atoms with Gasteiger partial charge >= 0.3 is 0 Å². The molecule has 5 rings (SSSR count). The van der Waals surface area contributed by atoms with E-state index in [-0.39, 0.29) is 23.8 Å². The Balaban J connectivity index is 1.33. The summed E-state index contributed by atoms with van der Waals surface area (Å²) in [5, 5.41) is 7.80. The first-order valence-electron chi connectivity index (χ1n) is 12.5. The van der Waals surface area contributed by atoms with E-state index in [1.165, 1.54) is 5.56 Å². The molecular formula is C27H35N7O. The zero-order chi connectivity index (χ0) is 24.5. The number of anilines is 1. The van der Waals surface area contributed by atoms with Crippen LogP contribution in [0.2, 0.25) is 0 Å². The summed E-state index contributed by atoms with van der Waals surface area (Å²) in [7, 11) is 4.07. The van der Waals surface area contributed by atoms with Crippen molar-refractivity contribution in [2.24, 2.45) is 13.0 Å². The molecule has 1 saturated heterocycles. The number of rotatable bonds is 5. The molecule has 1 fully saturated rings. The number of fused-ring (bicyclic) bond motifs is 1. The molecule has 1 aromatic carbocycles. The molecule has 0 radical (unpaired) electrons. The largest absolute Gasteiger partial charge is 0.348 e. The van der Waals surface area contributed by atoms with Crippen molar-refractivity contribution in [3.05, 3.63) is 70.8 Å². The van der Waals surface area contributed by atoms with Crippen LogP contribution in [-0.2, 0) is 31.4 Å². The number of aryl methyl sites for hydroxylation is 2. The number of hydrogen-bond donors (Lipinski definition) is 1. The fraction of sp³-hybridized carbons (Fsp3) is 0.481. The van der Waals surface area contributed by atoms with E-state index >= 15 is 0 Å². The van der Waals surface area contributed by atoms with Crippen molar-refractivity contribution in [3.63, 3.8) is 0 Å². The highest BCUT2D eigenvalue weighted by molar-refractivity contribution is 5.80. The number of amides is 1. The van der Waals surface area contributed by atoms with E-state index in [1.807, 2.05) is 42.0 Å². The molecule has 8 nitrogen and oxygen atoms in total. The molecule has 184 valence electrons. The predicted octanol–water partition coefficient (Wildman–Crippen LogP) is 3.14. The van der Waals surface area contributed by atoms with Crippen LogP contribution >= 0.6 is 0 Å². The molecule has 1 N–H and O–H groups in total. The maximum Gasteiger partial charge on any atom is 0.227 e. The third-order valence-electron chi connectivity index (χ3n) is 7.49. The summed E-state index contributed by atoms with van der Waals surface area (Å²) >= 11 is 0. The van der Waals surface area contributed by atoms with Gasteiger partial charge in [0, 0.05) is 43.9 Å². The van der Waals surface area contributed by atoms with Gasteiger partial charge in [-0.2, -0.15) is 5.10 Å². The van der Waals surface area contributed by atoms with Crippen molar-refractivity contribution in [3.8, 4) is 0 Å². The van der Waals surface area contributed by atoms with Gasteiger partial charge < -0.3 is 15.1 Å². The number of carbonyl (C=O) groups excluding carboxylic acids is 1. The third kappa shape index (κ3) is 4.93. The minimum Gasteiger partial charge on any atom is -0.348 e. The summed E-state index contributed by atoms with van der Waals surface area (Å²) in [6.45, 7) is 7.14. The molecule has 35 heavy (non-hydrogen) atoms. The van der Waals surface area contributed by atoms with Crippen molar-refractivity contribution in [2.75, 3.05) is 25.5 Å². The first kappa shape index (κ1) is 23.5. The molecule has 2 aliphatic heterocycles. The van der Waals surface area contributed by atoms with Gasteiger partial charge in [-0.15, -0.1) is 0 Å². The highest BCUT2D eigenvalue weighted by Gasteiger charge is 2.39. The molecule has 2 aromatic heterocycles. The maximum absolute atomic E-state index is 13.9. The van der Waals surface area contributed by atoms with E-state index in [9.17, 15) is 4.79 Å². The number of nitrogens with zero attached hydrogens (tertiary/aromatic N) is 6. The molecule has 0 spiro atoms. The van der Waals surface area contributed by atoms with E-state index in [0.717, 1.165) is 48.4 Å². The van der Waals surface area contributed by atoms with Crippen molar-refractivity contribution in [2.45, 2.75) is 51.7 Å². The van der Waals surface area contributed by atoms with Gasteiger partial charge in [0.05, 0.1) is 24.5 Å². The first-order valence-corrected chi connectivity index (χ1v) is 12.5. The Morgan fingerprint density at radius 3 is 2.74 bits per heavy atom. The SMILES string of the molecule is Cc1cn(C)nc1CNc1ncc2c(n1)CN(C(=O)[C@H]1CCN(C)C[C@@H]1c1ccccc1)[C@H](C)C2. The van der Waals surface area contributed by atoms with Gasteiger partial charge in [-0.05, 0) is 57.0 Å². The first-order chi connectivity index (χ1) is 16.9. The zero-order valence-electron chi connectivity index (χ0n) is 21.1. The summed E-state index contributed by atoms with van der Waals surface area (Å²) in [5.41, 5.74) is 5.43. The van der Waals surface area contributed by atoms with Crippen molar-refractivity contribution >= 4 is 11.9 Å². The van der Waals surface area contributed by atoms with Crippen molar-refractivity contribution in [1.82, 2.24) is 29.5 Å². The summed E-state index contributed by atoms with van der Waals surface area (Å²) in [6.07, 6.45) is 5.58. The van der Waals surface area contributed by atoms with Crippen LogP contribution in [0, 0.1) is 12.8 Å². The van der Waals surface area contributed by atoms with Gasteiger partial charge in [0.2, 0.25) is 11.9 Å². The summed E-state index contributed by atoms with van der Waals surface area (Å²) in [6, 6.07) is 10.6. The van der Waals surface area contributed by atoms with E-state index in [2.05, 4.69) is 58.5 Å². The molecular weight excluding hydrogens is 438 g/mol. The maximum atomic E-state index is 13.9. The van der Waals surface area contributed by atoms with Crippen molar-refractivity contribution < 1.29 is 4.79 Å². The minimum atomic E-state index is -0.0100. The lowest BCUT2D eigenvalue weighted by atomic mass is 9.79. The lowest BCUT2D eigenvalue weighted by Crippen LogP contribution is -2.50. The Bertz CT molecular complexity index is 1190. The quantitative estimate of drug-likeness (QED) is 0.613. The number of piperidine rings is 1. The Labute approximate surface area is 207 Å². The van der Waals surface area contributed by atoms with Gasteiger partial charge in [-0.3, -0.25) is 9.48 Å². The number of aromatic nitrogens is 4. The van der Waals surface area contributed by atoms with E-state index < -0.39 is 0 Å². The smallest absolute Gasteiger partial charge is 0.227 e. The summed E-state index contributed by atoms with van der Waals surface area (Å²) in [4.78, 5) is 27.7. The Hall–Kier alpha value is -3.26. The van der Waals surface area contributed by atoms with Gasteiger partial charge in [0.15, 0.2) is 0 Å². The van der Waals surface area contributed by atoms with Crippen LogP contribution in [0.15, 0.2) is 42.7 Å². The van der Waals surface area contributed by atoms with Gasteiger partial charge in [-0.1, -0.05) is 30.3 Å².